The number of carbonyl (C=O) groups is 2. The molecule has 0 radical (unpaired) electrons. The van der Waals surface area contributed by atoms with E-state index in [0.29, 0.717) is 18.7 Å². The highest BCUT2D eigenvalue weighted by molar-refractivity contribution is 5.86. The average molecular weight is 462 g/mol. The minimum absolute atomic E-state index is 0.0694. The summed E-state index contributed by atoms with van der Waals surface area (Å²) in [7, 11) is 3.22. The SMILES string of the molecule is CNC(=O)C1(CO)Cc2cc(C#N)ccc2N2CCN(C(=O)OC(C)(C)C)CC21.CNCO. The van der Waals surface area contributed by atoms with Gasteiger partial charge in [0.2, 0.25) is 5.91 Å². The Bertz CT molecular complexity index is 892. The molecule has 2 unspecified atom stereocenters. The van der Waals surface area contributed by atoms with Crippen LogP contribution in [0.1, 0.15) is 31.9 Å². The summed E-state index contributed by atoms with van der Waals surface area (Å²) < 4.78 is 5.51. The molecule has 1 aromatic rings. The number of benzene rings is 1. The molecule has 0 saturated carbocycles. The summed E-state index contributed by atoms with van der Waals surface area (Å²) in [6.45, 7) is 6.35. The molecule has 0 bridgehead atoms. The van der Waals surface area contributed by atoms with E-state index in [1.54, 1.807) is 31.1 Å². The van der Waals surface area contributed by atoms with Crippen molar-refractivity contribution in [3.05, 3.63) is 29.3 Å². The van der Waals surface area contributed by atoms with Crippen molar-refractivity contribution < 1.29 is 24.5 Å². The van der Waals surface area contributed by atoms with Crippen LogP contribution in [-0.4, -0.2) is 85.8 Å². The number of piperazine rings is 1. The first-order valence-corrected chi connectivity index (χ1v) is 10.9. The summed E-state index contributed by atoms with van der Waals surface area (Å²) in [6, 6.07) is 7.14. The van der Waals surface area contributed by atoms with E-state index in [9.17, 15) is 20.0 Å². The monoisotopic (exact) mass is 461 g/mol. The highest BCUT2D eigenvalue weighted by atomic mass is 16.6. The Kier molecular flexibility index (Phi) is 8.66. The molecule has 1 saturated heterocycles. The van der Waals surface area contributed by atoms with E-state index in [4.69, 9.17) is 9.84 Å². The Hall–Kier alpha value is -2.87. The number of nitrogens with one attached hydrogen (secondary N) is 2. The molecule has 2 aliphatic heterocycles. The van der Waals surface area contributed by atoms with Gasteiger partial charge in [-0.05, 0) is 58.0 Å². The number of ether oxygens (including phenoxy) is 1. The number of anilines is 1. The number of aliphatic hydroxyl groups excluding tert-OH is 2. The van der Waals surface area contributed by atoms with Gasteiger partial charge in [-0.15, -0.1) is 0 Å². The fourth-order valence-corrected chi connectivity index (χ4v) is 4.28. The third-order valence-electron chi connectivity index (χ3n) is 5.81. The van der Waals surface area contributed by atoms with Gasteiger partial charge in [-0.3, -0.25) is 10.1 Å². The predicted octanol–water partition coefficient (Wildman–Crippen LogP) is 0.420. The first-order chi connectivity index (χ1) is 15.6. The van der Waals surface area contributed by atoms with Gasteiger partial charge in [0.05, 0.1) is 36.4 Å². The molecule has 0 aromatic heterocycles. The summed E-state index contributed by atoms with van der Waals surface area (Å²) in [5.41, 5.74) is 0.555. The van der Waals surface area contributed by atoms with Gasteiger partial charge >= 0.3 is 6.09 Å². The van der Waals surface area contributed by atoms with Crippen molar-refractivity contribution in [2.45, 2.75) is 38.8 Å². The number of nitrogens with zero attached hydrogens (tertiary/aromatic N) is 3. The Labute approximate surface area is 195 Å². The Morgan fingerprint density at radius 2 is 1.94 bits per heavy atom. The predicted molar refractivity (Wildman–Crippen MR) is 124 cm³/mol. The van der Waals surface area contributed by atoms with Crippen LogP contribution in [0, 0.1) is 16.7 Å². The Morgan fingerprint density at radius 3 is 2.45 bits per heavy atom. The zero-order valence-electron chi connectivity index (χ0n) is 20.0. The van der Waals surface area contributed by atoms with E-state index in [-0.39, 0.29) is 32.2 Å². The van der Waals surface area contributed by atoms with Gasteiger partial charge in [-0.1, -0.05) is 0 Å². The molecule has 182 valence electrons. The molecule has 1 fully saturated rings. The normalized spacial score (nSPS) is 21.6. The van der Waals surface area contributed by atoms with Gasteiger partial charge < -0.3 is 30.1 Å². The molecule has 0 spiro atoms. The number of aliphatic hydroxyl groups is 2. The van der Waals surface area contributed by atoms with Crippen LogP contribution in [0.25, 0.3) is 0 Å². The van der Waals surface area contributed by atoms with E-state index in [1.807, 2.05) is 26.8 Å². The second-order valence-electron chi connectivity index (χ2n) is 9.17. The fraction of sp³-hybridized carbons (Fsp3) is 0.609. The maximum atomic E-state index is 12.9. The number of rotatable bonds is 3. The molecule has 2 amide bonds. The smallest absolute Gasteiger partial charge is 0.410 e. The summed E-state index contributed by atoms with van der Waals surface area (Å²) >= 11 is 0. The summed E-state index contributed by atoms with van der Waals surface area (Å²) in [5, 5.41) is 32.5. The molecular formula is C23H35N5O5. The van der Waals surface area contributed by atoms with Gasteiger partial charge in [-0.25, -0.2) is 4.79 Å². The minimum atomic E-state index is -1.13. The van der Waals surface area contributed by atoms with Crippen LogP contribution in [0.4, 0.5) is 10.5 Å². The van der Waals surface area contributed by atoms with Crippen molar-refractivity contribution in [2.24, 2.45) is 5.41 Å². The Morgan fingerprint density at radius 1 is 1.27 bits per heavy atom. The standard InChI is InChI=1S/C21H28N4O4.C2H7NO/c1-20(2,3)29-19(28)24-7-8-25-16-6-5-14(11-22)9-15(16)10-21(13-26,17(25)12-24)18(27)23-4;1-3-2-4/h5-6,9,17,26H,7-8,10,12-13H2,1-4H3,(H,23,27);3-4H,2H2,1H3. The molecule has 0 aliphatic carbocycles. The molecule has 2 aliphatic rings. The Balaban J connectivity index is 0.000000890. The van der Waals surface area contributed by atoms with Gasteiger partial charge in [0.25, 0.3) is 0 Å². The van der Waals surface area contributed by atoms with Gasteiger partial charge in [0.1, 0.15) is 5.60 Å². The topological polar surface area (TPSA) is 138 Å². The summed E-state index contributed by atoms with van der Waals surface area (Å²) in [5.74, 6) is -0.283. The van der Waals surface area contributed by atoms with Crippen molar-refractivity contribution in [1.29, 1.82) is 5.26 Å². The average Bonchev–Trinajstić information content (AvgIpc) is 2.81. The third kappa shape index (κ3) is 5.74. The van der Waals surface area contributed by atoms with Crippen molar-refractivity contribution in [3.63, 3.8) is 0 Å². The van der Waals surface area contributed by atoms with Crippen LogP contribution in [0.3, 0.4) is 0 Å². The van der Waals surface area contributed by atoms with Crippen molar-refractivity contribution in [1.82, 2.24) is 15.5 Å². The van der Waals surface area contributed by atoms with Crippen LogP contribution < -0.4 is 15.5 Å². The quantitative estimate of drug-likeness (QED) is 0.475. The van der Waals surface area contributed by atoms with Gasteiger partial charge in [0.15, 0.2) is 0 Å². The van der Waals surface area contributed by atoms with Crippen LogP contribution in [-0.2, 0) is 16.0 Å². The molecular weight excluding hydrogens is 426 g/mol. The second kappa shape index (κ2) is 10.8. The molecule has 10 nitrogen and oxygen atoms in total. The number of hydrogen-bond acceptors (Lipinski definition) is 8. The lowest BCUT2D eigenvalue weighted by Crippen LogP contribution is -2.68. The molecule has 3 rings (SSSR count). The molecule has 1 aromatic carbocycles. The van der Waals surface area contributed by atoms with Crippen LogP contribution >= 0.6 is 0 Å². The molecule has 4 N–H and O–H groups in total. The number of fused-ring (bicyclic) bond motifs is 3. The second-order valence-corrected chi connectivity index (χ2v) is 9.17. The van der Waals surface area contributed by atoms with E-state index in [2.05, 4.69) is 21.6 Å². The summed E-state index contributed by atoms with van der Waals surface area (Å²) in [6.07, 6.45) is -0.135. The van der Waals surface area contributed by atoms with Crippen LogP contribution in [0.15, 0.2) is 18.2 Å². The first-order valence-electron chi connectivity index (χ1n) is 10.9. The van der Waals surface area contributed by atoms with Gasteiger partial charge in [-0.2, -0.15) is 5.26 Å². The lowest BCUT2D eigenvalue weighted by Gasteiger charge is -2.53. The summed E-state index contributed by atoms with van der Waals surface area (Å²) in [4.78, 5) is 29.3. The first kappa shape index (κ1) is 26.4. The molecule has 2 heterocycles. The van der Waals surface area contributed by atoms with E-state index < -0.39 is 23.2 Å². The van der Waals surface area contributed by atoms with Crippen LogP contribution in [0.5, 0.6) is 0 Å². The highest BCUT2D eigenvalue weighted by Gasteiger charge is 2.53. The maximum Gasteiger partial charge on any atom is 0.410 e. The van der Waals surface area contributed by atoms with Crippen LogP contribution in [0.2, 0.25) is 0 Å². The van der Waals surface area contributed by atoms with Gasteiger partial charge in [0, 0.05) is 32.4 Å². The largest absolute Gasteiger partial charge is 0.444 e. The lowest BCUT2D eigenvalue weighted by atomic mass is 9.70. The number of hydrogen-bond donors (Lipinski definition) is 4. The third-order valence-corrected chi connectivity index (χ3v) is 5.81. The number of carbonyl (C=O) groups excluding carboxylic acids is 2. The lowest BCUT2D eigenvalue weighted by molar-refractivity contribution is -0.135. The molecule has 2 atom stereocenters. The highest BCUT2D eigenvalue weighted by Crippen LogP contribution is 2.43. The molecule has 33 heavy (non-hydrogen) atoms. The minimum Gasteiger partial charge on any atom is -0.444 e. The number of amides is 2. The van der Waals surface area contributed by atoms with E-state index >= 15 is 0 Å². The van der Waals surface area contributed by atoms with E-state index in [1.165, 1.54) is 0 Å². The molecule has 10 heteroatoms. The zero-order valence-corrected chi connectivity index (χ0v) is 20.0. The van der Waals surface area contributed by atoms with Crippen molar-refractivity contribution in [3.8, 4) is 6.07 Å². The maximum absolute atomic E-state index is 12.9. The van der Waals surface area contributed by atoms with E-state index in [0.717, 1.165) is 11.3 Å². The zero-order chi connectivity index (χ0) is 24.8. The van der Waals surface area contributed by atoms with Crippen molar-refractivity contribution >= 4 is 17.7 Å². The fourth-order valence-electron chi connectivity index (χ4n) is 4.28. The van der Waals surface area contributed by atoms with Crippen molar-refractivity contribution in [2.75, 3.05) is 52.0 Å². The number of nitriles is 1.